The molecular weight excluding hydrogens is 378 g/mol. The summed E-state index contributed by atoms with van der Waals surface area (Å²) in [7, 11) is 0. The molecule has 1 saturated heterocycles. The van der Waals surface area contributed by atoms with E-state index >= 15 is 0 Å². The molecule has 4 rings (SSSR count). The molecule has 1 atom stereocenters. The summed E-state index contributed by atoms with van der Waals surface area (Å²) >= 11 is 1.54. The van der Waals surface area contributed by atoms with Gasteiger partial charge in [-0.1, -0.05) is 11.8 Å². The number of thioether (sulfide) groups is 1. The van der Waals surface area contributed by atoms with E-state index in [0.29, 0.717) is 42.0 Å². The summed E-state index contributed by atoms with van der Waals surface area (Å²) in [6.45, 7) is 4.97. The van der Waals surface area contributed by atoms with E-state index in [1.54, 1.807) is 30.1 Å². The zero-order valence-electron chi connectivity index (χ0n) is 16.0. The third-order valence-electron chi connectivity index (χ3n) is 5.14. The Morgan fingerprint density at radius 2 is 1.89 bits per heavy atom. The number of hydrogen-bond acceptors (Lipinski definition) is 7. The van der Waals surface area contributed by atoms with Gasteiger partial charge in [0.2, 0.25) is 5.91 Å². The molecule has 0 spiro atoms. The minimum Gasteiger partial charge on any atom is -0.460 e. The number of carbonyl (C=O) groups excluding carboxylic acids is 1. The molecule has 2 aliphatic rings. The number of rotatable bonds is 4. The first kappa shape index (κ1) is 18.9. The molecule has 1 fully saturated rings. The Morgan fingerprint density at radius 1 is 1.18 bits per heavy atom. The molecule has 8 nitrogen and oxygen atoms in total. The van der Waals surface area contributed by atoms with Gasteiger partial charge in [0.05, 0.1) is 6.04 Å². The van der Waals surface area contributed by atoms with Crippen molar-refractivity contribution in [2.24, 2.45) is 0 Å². The normalized spacial score (nSPS) is 19.5. The number of ether oxygens (including phenoxy) is 1. The highest BCUT2D eigenvalue weighted by Gasteiger charge is 2.31. The topological polar surface area (TPSA) is 90.2 Å². The highest BCUT2D eigenvalue weighted by molar-refractivity contribution is 7.99. The smallest absolute Gasteiger partial charge is 0.316 e. The maximum absolute atomic E-state index is 12.8. The van der Waals surface area contributed by atoms with Crippen LogP contribution in [-0.2, 0) is 4.79 Å². The fourth-order valence-electron chi connectivity index (χ4n) is 3.52. The molecule has 1 amide bonds. The van der Waals surface area contributed by atoms with Gasteiger partial charge < -0.3 is 9.64 Å². The molecule has 0 N–H and O–H groups in total. The molecule has 148 valence electrons. The van der Waals surface area contributed by atoms with Gasteiger partial charge in [0, 0.05) is 62.3 Å². The maximum Gasteiger partial charge on any atom is 0.316 e. The molecule has 0 radical (unpaired) electrons. The fraction of sp³-hybridized carbons (Fsp3) is 0.526. The molecular formula is C19H23N5O3S. The molecule has 4 heterocycles. The van der Waals surface area contributed by atoms with E-state index in [1.807, 2.05) is 11.8 Å². The Labute approximate surface area is 167 Å². The van der Waals surface area contributed by atoms with Crippen molar-refractivity contribution in [1.29, 1.82) is 0 Å². The van der Waals surface area contributed by atoms with E-state index in [-0.39, 0.29) is 23.6 Å². The number of aromatic nitrogens is 4. The van der Waals surface area contributed by atoms with Gasteiger partial charge in [0.25, 0.3) is 5.56 Å². The second-order valence-corrected chi connectivity index (χ2v) is 8.30. The van der Waals surface area contributed by atoms with Crippen LogP contribution in [0.5, 0.6) is 6.01 Å². The van der Waals surface area contributed by atoms with Gasteiger partial charge in [-0.3, -0.25) is 14.2 Å². The summed E-state index contributed by atoms with van der Waals surface area (Å²) in [6.07, 6.45) is 6.92. The first-order chi connectivity index (χ1) is 13.5. The van der Waals surface area contributed by atoms with Crippen LogP contribution in [0.2, 0.25) is 0 Å². The summed E-state index contributed by atoms with van der Waals surface area (Å²) in [5.41, 5.74) is 1.56. The zero-order valence-corrected chi connectivity index (χ0v) is 16.8. The molecule has 9 heteroatoms. The Balaban J connectivity index is 1.32. The van der Waals surface area contributed by atoms with Gasteiger partial charge in [0.15, 0.2) is 5.16 Å². The zero-order chi connectivity index (χ0) is 19.7. The van der Waals surface area contributed by atoms with Crippen LogP contribution in [0.1, 0.15) is 36.4 Å². The van der Waals surface area contributed by atoms with Gasteiger partial charge >= 0.3 is 6.01 Å². The molecule has 0 bridgehead atoms. The van der Waals surface area contributed by atoms with Crippen LogP contribution in [0, 0.1) is 13.8 Å². The Bertz CT molecular complexity index is 922. The lowest BCUT2D eigenvalue weighted by Gasteiger charge is -2.32. The van der Waals surface area contributed by atoms with Gasteiger partial charge in [-0.25, -0.2) is 15.0 Å². The summed E-state index contributed by atoms with van der Waals surface area (Å²) in [5.74, 6) is 0.791. The first-order valence-electron chi connectivity index (χ1n) is 9.45. The average Bonchev–Trinajstić information content (AvgIpc) is 3.10. The molecule has 0 aromatic carbocycles. The number of piperidine rings is 1. The van der Waals surface area contributed by atoms with Crippen molar-refractivity contribution in [1.82, 2.24) is 24.4 Å². The molecule has 0 aliphatic carbocycles. The maximum atomic E-state index is 12.8. The van der Waals surface area contributed by atoms with E-state index in [4.69, 9.17) is 4.74 Å². The number of carbonyl (C=O) groups is 1. The van der Waals surface area contributed by atoms with Gasteiger partial charge in [0.1, 0.15) is 6.10 Å². The lowest BCUT2D eigenvalue weighted by molar-refractivity contribution is -0.133. The minimum atomic E-state index is -0.123. The molecule has 28 heavy (non-hydrogen) atoms. The van der Waals surface area contributed by atoms with Gasteiger partial charge in [-0.05, 0) is 19.4 Å². The second kappa shape index (κ2) is 7.90. The van der Waals surface area contributed by atoms with Crippen LogP contribution in [0.3, 0.4) is 0 Å². The standard InChI is InChI=1S/C19H23N5O3S/c1-12-8-20-18(21-9-12)27-15-3-5-23(6-4-15)16(25)7-14-11-28-19-22-10-13(2)17(26)24(14)19/h8-10,14-15H,3-7,11H2,1-2H3. The van der Waals surface area contributed by atoms with Crippen molar-refractivity contribution in [3.05, 3.63) is 40.1 Å². The summed E-state index contributed by atoms with van der Waals surface area (Å²) < 4.78 is 7.51. The number of aryl methyl sites for hydroxylation is 2. The van der Waals surface area contributed by atoms with E-state index in [2.05, 4.69) is 15.0 Å². The van der Waals surface area contributed by atoms with E-state index in [9.17, 15) is 9.59 Å². The van der Waals surface area contributed by atoms with Crippen molar-refractivity contribution < 1.29 is 9.53 Å². The highest BCUT2D eigenvalue weighted by Crippen LogP contribution is 2.32. The minimum absolute atomic E-state index is 0.0176. The van der Waals surface area contributed by atoms with Crippen LogP contribution in [0.4, 0.5) is 0 Å². The number of likely N-dealkylation sites (tertiary alicyclic amines) is 1. The highest BCUT2D eigenvalue weighted by atomic mass is 32.2. The number of fused-ring (bicyclic) bond motifs is 1. The fourth-order valence-corrected chi connectivity index (χ4v) is 4.62. The SMILES string of the molecule is Cc1cnc(OC2CCN(C(=O)CC3CSc4ncc(C)c(=O)n43)CC2)nc1. The summed E-state index contributed by atoms with van der Waals surface area (Å²) in [6, 6.07) is 0.263. The van der Waals surface area contributed by atoms with Crippen molar-refractivity contribution in [3.63, 3.8) is 0 Å². The third kappa shape index (κ3) is 3.89. The van der Waals surface area contributed by atoms with Gasteiger partial charge in [-0.2, -0.15) is 0 Å². The van der Waals surface area contributed by atoms with Crippen LogP contribution in [0.25, 0.3) is 0 Å². The number of amides is 1. The monoisotopic (exact) mass is 401 g/mol. The predicted octanol–water partition coefficient (Wildman–Crippen LogP) is 1.76. The molecule has 2 aromatic heterocycles. The average molecular weight is 401 g/mol. The lowest BCUT2D eigenvalue weighted by Crippen LogP contribution is -2.43. The van der Waals surface area contributed by atoms with Gasteiger partial charge in [-0.15, -0.1) is 0 Å². The second-order valence-electron chi connectivity index (χ2n) is 7.31. The molecule has 1 unspecified atom stereocenters. The predicted molar refractivity (Wildman–Crippen MR) is 105 cm³/mol. The van der Waals surface area contributed by atoms with Crippen LogP contribution in [-0.4, -0.2) is 55.3 Å². The van der Waals surface area contributed by atoms with Crippen LogP contribution in [0.15, 0.2) is 28.5 Å². The summed E-state index contributed by atoms with van der Waals surface area (Å²) in [4.78, 5) is 39.7. The van der Waals surface area contributed by atoms with Crippen molar-refractivity contribution in [2.75, 3.05) is 18.8 Å². The summed E-state index contributed by atoms with van der Waals surface area (Å²) in [5, 5.41) is 0.707. The van der Waals surface area contributed by atoms with E-state index < -0.39 is 0 Å². The quantitative estimate of drug-likeness (QED) is 0.721. The first-order valence-corrected chi connectivity index (χ1v) is 10.4. The Morgan fingerprint density at radius 3 is 2.61 bits per heavy atom. The number of hydrogen-bond donors (Lipinski definition) is 0. The van der Waals surface area contributed by atoms with E-state index in [1.165, 1.54) is 11.8 Å². The largest absolute Gasteiger partial charge is 0.460 e. The Kier molecular flexibility index (Phi) is 5.34. The lowest BCUT2D eigenvalue weighted by atomic mass is 10.1. The van der Waals surface area contributed by atoms with Crippen LogP contribution < -0.4 is 10.3 Å². The third-order valence-corrected chi connectivity index (χ3v) is 6.25. The van der Waals surface area contributed by atoms with E-state index in [0.717, 1.165) is 18.4 Å². The van der Waals surface area contributed by atoms with Crippen molar-refractivity contribution in [2.45, 2.75) is 50.4 Å². The number of nitrogens with zero attached hydrogens (tertiary/aromatic N) is 5. The molecule has 0 saturated carbocycles. The Hall–Kier alpha value is -2.42. The molecule has 2 aliphatic heterocycles. The van der Waals surface area contributed by atoms with Crippen LogP contribution >= 0.6 is 11.8 Å². The molecule has 2 aromatic rings. The van der Waals surface area contributed by atoms with Crippen molar-refractivity contribution in [3.8, 4) is 6.01 Å². The van der Waals surface area contributed by atoms with Crippen molar-refractivity contribution >= 4 is 17.7 Å².